The standard InChI is InChI=1S/C24H19Cl2N7O2/c1-12-28-19(32-31-12)10-13-6-8-14(9-7-13)22-29-21(27)16-11-15(20-17(25)4-3-5-18(20)26)24(34)33(35-2)23(16)30-22/h3-9,11H,10H2,1-2H3,(H2,27,29,30)(H,28,31,32). The first-order valence-corrected chi connectivity index (χ1v) is 11.3. The van der Waals surface area contributed by atoms with E-state index in [1.165, 1.54) is 7.11 Å². The molecule has 35 heavy (non-hydrogen) atoms. The summed E-state index contributed by atoms with van der Waals surface area (Å²) in [5.41, 5.74) is 8.43. The molecule has 0 atom stereocenters. The Balaban J connectivity index is 1.60. The Morgan fingerprint density at radius 1 is 1.06 bits per heavy atom. The third-order valence-electron chi connectivity index (χ3n) is 5.48. The molecular formula is C24H19Cl2N7O2. The molecular weight excluding hydrogens is 489 g/mol. The molecule has 9 nitrogen and oxygen atoms in total. The van der Waals surface area contributed by atoms with Crippen LogP contribution in [0.1, 0.15) is 17.2 Å². The first kappa shape index (κ1) is 22.8. The van der Waals surface area contributed by atoms with Gasteiger partial charge in [-0.15, -0.1) is 4.73 Å². The molecule has 0 spiro atoms. The normalized spacial score (nSPS) is 11.2. The van der Waals surface area contributed by atoms with Gasteiger partial charge < -0.3 is 10.6 Å². The van der Waals surface area contributed by atoms with Crippen molar-refractivity contribution in [2.24, 2.45) is 0 Å². The van der Waals surface area contributed by atoms with E-state index in [4.69, 9.17) is 33.8 Å². The zero-order chi connectivity index (χ0) is 24.7. The van der Waals surface area contributed by atoms with E-state index in [1.54, 1.807) is 24.3 Å². The quantitative estimate of drug-likeness (QED) is 0.366. The van der Waals surface area contributed by atoms with E-state index in [0.29, 0.717) is 39.1 Å². The van der Waals surface area contributed by atoms with Gasteiger partial charge in [0, 0.05) is 17.5 Å². The van der Waals surface area contributed by atoms with Crippen molar-refractivity contribution in [1.82, 2.24) is 29.9 Å². The molecule has 0 saturated heterocycles. The van der Waals surface area contributed by atoms with E-state index >= 15 is 0 Å². The number of nitrogens with zero attached hydrogens (tertiary/aromatic N) is 5. The lowest BCUT2D eigenvalue weighted by molar-refractivity contribution is 0.168. The van der Waals surface area contributed by atoms with E-state index in [2.05, 4.69) is 25.1 Å². The van der Waals surface area contributed by atoms with Crippen LogP contribution in [0.3, 0.4) is 0 Å². The van der Waals surface area contributed by atoms with Gasteiger partial charge in [-0.3, -0.25) is 9.89 Å². The minimum absolute atomic E-state index is 0.181. The number of aromatic nitrogens is 6. The molecule has 3 aromatic heterocycles. The minimum atomic E-state index is -0.476. The molecule has 0 bridgehead atoms. The highest BCUT2D eigenvalue weighted by Gasteiger charge is 2.20. The first-order valence-electron chi connectivity index (χ1n) is 10.5. The van der Waals surface area contributed by atoms with Crippen LogP contribution < -0.4 is 16.1 Å². The van der Waals surface area contributed by atoms with Gasteiger partial charge >= 0.3 is 0 Å². The SMILES string of the molecule is COn1c(=O)c(-c2c(Cl)cccc2Cl)cc2c(N)nc(-c3ccc(Cc4n[nH]c(C)n4)cc3)nc21. The summed E-state index contributed by atoms with van der Waals surface area (Å²) in [5.74, 6) is 2.00. The maximum atomic E-state index is 13.3. The molecule has 0 fully saturated rings. The number of aromatic amines is 1. The van der Waals surface area contributed by atoms with Gasteiger partial charge in [0.05, 0.1) is 21.0 Å². The van der Waals surface area contributed by atoms with E-state index in [1.807, 2.05) is 31.2 Å². The zero-order valence-electron chi connectivity index (χ0n) is 18.7. The van der Waals surface area contributed by atoms with Crippen molar-refractivity contribution in [2.45, 2.75) is 13.3 Å². The molecule has 0 aliphatic carbocycles. The molecule has 5 aromatic rings. The van der Waals surface area contributed by atoms with Crippen molar-refractivity contribution in [1.29, 1.82) is 0 Å². The molecule has 0 aliphatic rings. The van der Waals surface area contributed by atoms with Crippen LogP contribution >= 0.6 is 23.2 Å². The van der Waals surface area contributed by atoms with Crippen molar-refractivity contribution in [3.05, 3.63) is 86.1 Å². The van der Waals surface area contributed by atoms with Crippen molar-refractivity contribution < 1.29 is 4.84 Å². The van der Waals surface area contributed by atoms with Crippen LogP contribution in [-0.2, 0) is 6.42 Å². The van der Waals surface area contributed by atoms with Crippen molar-refractivity contribution in [2.75, 3.05) is 12.8 Å². The first-order chi connectivity index (χ1) is 16.9. The van der Waals surface area contributed by atoms with Gasteiger partial charge in [-0.25, -0.2) is 15.0 Å². The van der Waals surface area contributed by atoms with Gasteiger partial charge in [-0.05, 0) is 30.7 Å². The number of nitrogens with two attached hydrogens (primary N) is 1. The summed E-state index contributed by atoms with van der Waals surface area (Å²) >= 11 is 12.7. The van der Waals surface area contributed by atoms with Crippen LogP contribution in [0.2, 0.25) is 10.0 Å². The summed E-state index contributed by atoms with van der Waals surface area (Å²) in [4.78, 5) is 32.1. The molecule has 3 heterocycles. The smallest absolute Gasteiger partial charge is 0.293 e. The molecule has 0 radical (unpaired) electrons. The van der Waals surface area contributed by atoms with Crippen molar-refractivity contribution in [3.63, 3.8) is 0 Å². The Morgan fingerprint density at radius 3 is 2.40 bits per heavy atom. The minimum Gasteiger partial charge on any atom is -0.412 e. The van der Waals surface area contributed by atoms with E-state index < -0.39 is 5.56 Å². The van der Waals surface area contributed by atoms with Gasteiger partial charge in [0.2, 0.25) is 0 Å². The number of benzene rings is 2. The number of fused-ring (bicyclic) bond motifs is 1. The Morgan fingerprint density at radius 2 is 1.77 bits per heavy atom. The maximum Gasteiger partial charge on any atom is 0.293 e. The fourth-order valence-electron chi connectivity index (χ4n) is 3.83. The molecule has 11 heteroatoms. The van der Waals surface area contributed by atoms with Crippen LogP contribution in [-0.4, -0.2) is 37.0 Å². The van der Waals surface area contributed by atoms with Gasteiger partial charge in [0.1, 0.15) is 18.8 Å². The number of H-pyrrole nitrogens is 1. The lowest BCUT2D eigenvalue weighted by Gasteiger charge is -2.14. The fraction of sp³-hybridized carbons (Fsp3) is 0.125. The summed E-state index contributed by atoms with van der Waals surface area (Å²) in [7, 11) is 1.37. The van der Waals surface area contributed by atoms with Crippen LogP contribution in [0.25, 0.3) is 33.5 Å². The monoisotopic (exact) mass is 507 g/mol. The Hall–Kier alpha value is -3.95. The molecule has 0 aliphatic heterocycles. The number of pyridine rings is 1. The topological polar surface area (TPSA) is 125 Å². The third kappa shape index (κ3) is 4.20. The summed E-state index contributed by atoms with van der Waals surface area (Å²) in [6.45, 7) is 1.85. The summed E-state index contributed by atoms with van der Waals surface area (Å²) in [6.07, 6.45) is 0.585. The van der Waals surface area contributed by atoms with E-state index in [-0.39, 0.29) is 17.0 Å². The van der Waals surface area contributed by atoms with Crippen LogP contribution in [0.5, 0.6) is 0 Å². The largest absolute Gasteiger partial charge is 0.412 e. The van der Waals surface area contributed by atoms with E-state index in [9.17, 15) is 4.79 Å². The molecule has 0 unspecified atom stereocenters. The van der Waals surface area contributed by atoms with Gasteiger partial charge in [0.15, 0.2) is 17.3 Å². The third-order valence-corrected chi connectivity index (χ3v) is 6.11. The number of nitrogen functional groups attached to an aromatic ring is 1. The lowest BCUT2D eigenvalue weighted by atomic mass is 10.1. The van der Waals surface area contributed by atoms with Gasteiger partial charge in [-0.1, -0.05) is 53.5 Å². The Bertz CT molecular complexity index is 1610. The van der Waals surface area contributed by atoms with Crippen molar-refractivity contribution in [3.8, 4) is 22.5 Å². The Kier molecular flexibility index (Phi) is 5.88. The molecule has 5 rings (SSSR count). The predicted molar refractivity (Wildman–Crippen MR) is 136 cm³/mol. The summed E-state index contributed by atoms with van der Waals surface area (Å²) < 4.78 is 1.06. The second-order valence-corrected chi connectivity index (χ2v) is 8.63. The molecule has 176 valence electrons. The highest BCUT2D eigenvalue weighted by atomic mass is 35.5. The average molecular weight is 508 g/mol. The highest BCUT2D eigenvalue weighted by Crippen LogP contribution is 2.34. The summed E-state index contributed by atoms with van der Waals surface area (Å²) in [5, 5.41) is 8.08. The molecule has 0 saturated carbocycles. The van der Waals surface area contributed by atoms with E-state index in [0.717, 1.165) is 21.7 Å². The second-order valence-electron chi connectivity index (χ2n) is 7.82. The second kappa shape index (κ2) is 9.01. The zero-order valence-corrected chi connectivity index (χ0v) is 20.2. The lowest BCUT2D eigenvalue weighted by Crippen LogP contribution is -2.27. The number of rotatable bonds is 5. The Labute approximate surface area is 209 Å². The molecule has 0 amide bonds. The number of halogens is 2. The number of anilines is 1. The summed E-state index contributed by atoms with van der Waals surface area (Å²) in [6, 6.07) is 14.2. The number of nitrogens with one attached hydrogen (secondary N) is 1. The number of aryl methyl sites for hydroxylation is 1. The predicted octanol–water partition coefficient (Wildman–Crippen LogP) is 4.09. The average Bonchev–Trinajstić information content (AvgIpc) is 3.24. The molecule has 2 aromatic carbocycles. The van der Waals surface area contributed by atoms with Crippen LogP contribution in [0.4, 0.5) is 5.82 Å². The van der Waals surface area contributed by atoms with Gasteiger partial charge in [0.25, 0.3) is 5.56 Å². The maximum absolute atomic E-state index is 13.3. The fourth-order valence-corrected chi connectivity index (χ4v) is 4.44. The van der Waals surface area contributed by atoms with Crippen LogP contribution in [0, 0.1) is 6.92 Å². The van der Waals surface area contributed by atoms with Gasteiger partial charge in [-0.2, -0.15) is 5.10 Å². The number of hydrogen-bond acceptors (Lipinski definition) is 7. The van der Waals surface area contributed by atoms with Crippen LogP contribution in [0.15, 0.2) is 53.3 Å². The highest BCUT2D eigenvalue weighted by molar-refractivity contribution is 6.39. The van der Waals surface area contributed by atoms with Crippen molar-refractivity contribution >= 4 is 40.1 Å². The molecule has 3 N–H and O–H groups in total. The number of hydrogen-bond donors (Lipinski definition) is 2.